The minimum absolute atomic E-state index is 0.110. The Morgan fingerprint density at radius 3 is 2.95 bits per heavy atom. The quantitative estimate of drug-likeness (QED) is 0.859. The number of benzene rings is 1. The first-order valence-corrected chi connectivity index (χ1v) is 7.71. The summed E-state index contributed by atoms with van der Waals surface area (Å²) in [5.41, 5.74) is 1.02. The summed E-state index contributed by atoms with van der Waals surface area (Å²) < 4.78 is 0.868. The lowest BCUT2D eigenvalue weighted by molar-refractivity contribution is -0.115. The Balaban J connectivity index is 1.82. The molecule has 0 atom stereocenters. The number of nitrogens with one attached hydrogen (secondary N) is 1. The van der Waals surface area contributed by atoms with Gasteiger partial charge in [0.1, 0.15) is 11.1 Å². The number of anilines is 1. The number of hydrogen-bond donors (Lipinski definition) is 1. The van der Waals surface area contributed by atoms with Gasteiger partial charge in [0.2, 0.25) is 5.91 Å². The van der Waals surface area contributed by atoms with E-state index >= 15 is 0 Å². The van der Waals surface area contributed by atoms with Crippen molar-refractivity contribution in [3.05, 3.63) is 34.8 Å². The first kappa shape index (κ1) is 14.5. The zero-order valence-corrected chi connectivity index (χ0v) is 12.4. The van der Waals surface area contributed by atoms with Crippen molar-refractivity contribution in [3.8, 4) is 6.07 Å². The molecule has 0 unspecified atom stereocenters. The molecule has 1 heterocycles. The minimum Gasteiger partial charge on any atom is -0.325 e. The van der Waals surface area contributed by atoms with Crippen LogP contribution >= 0.6 is 23.1 Å². The highest BCUT2D eigenvalue weighted by molar-refractivity contribution is 8.01. The molecule has 102 valence electrons. The van der Waals surface area contributed by atoms with Gasteiger partial charge in [0.15, 0.2) is 4.34 Å². The van der Waals surface area contributed by atoms with Gasteiger partial charge >= 0.3 is 0 Å². The second-order valence-electron chi connectivity index (χ2n) is 3.89. The number of nitriles is 1. The largest absolute Gasteiger partial charge is 0.325 e. The predicted molar refractivity (Wildman–Crippen MR) is 79.8 cm³/mol. The number of aryl methyl sites for hydroxylation is 1. The third-order valence-electron chi connectivity index (χ3n) is 2.38. The summed E-state index contributed by atoms with van der Waals surface area (Å²) in [6, 6.07) is 9.00. The number of para-hydroxylation sites is 1. The van der Waals surface area contributed by atoms with Gasteiger partial charge in [-0.2, -0.15) is 5.26 Å². The van der Waals surface area contributed by atoms with Crippen molar-refractivity contribution in [2.45, 2.75) is 17.7 Å². The lowest BCUT2D eigenvalue weighted by atomic mass is 10.2. The van der Waals surface area contributed by atoms with E-state index < -0.39 is 0 Å². The van der Waals surface area contributed by atoms with E-state index in [0.717, 1.165) is 9.35 Å². The Hall–Kier alpha value is -1.91. The number of amides is 1. The van der Waals surface area contributed by atoms with Gasteiger partial charge in [-0.1, -0.05) is 35.2 Å². The van der Waals surface area contributed by atoms with E-state index in [1.807, 2.05) is 13.0 Å². The highest BCUT2D eigenvalue weighted by Crippen LogP contribution is 2.22. The Bertz CT molecular complexity index is 648. The first-order valence-electron chi connectivity index (χ1n) is 5.91. The maximum atomic E-state index is 11.8. The summed E-state index contributed by atoms with van der Waals surface area (Å²) in [6.45, 7) is 1.90. The average Bonchev–Trinajstić information content (AvgIpc) is 2.85. The fraction of sp³-hybridized carbons (Fsp3) is 0.231. The van der Waals surface area contributed by atoms with Crippen LogP contribution in [-0.4, -0.2) is 21.9 Å². The Morgan fingerprint density at radius 2 is 2.25 bits per heavy atom. The maximum absolute atomic E-state index is 11.8. The van der Waals surface area contributed by atoms with Crippen LogP contribution in [0.1, 0.15) is 17.0 Å². The molecule has 0 aliphatic rings. The molecule has 0 spiro atoms. The van der Waals surface area contributed by atoms with Gasteiger partial charge in [0.05, 0.1) is 11.3 Å². The topological polar surface area (TPSA) is 78.7 Å². The standard InChI is InChI=1S/C13H12N4OS2/c1-9-16-17-13(20-9)19-7-6-12(18)15-11-5-3-2-4-10(11)8-14/h2-5H,6-7H2,1H3,(H,15,18). The Labute approximate surface area is 125 Å². The number of rotatable bonds is 5. The molecule has 0 bridgehead atoms. The highest BCUT2D eigenvalue weighted by atomic mass is 32.2. The normalized spacial score (nSPS) is 10.0. The van der Waals surface area contributed by atoms with Gasteiger partial charge in [0, 0.05) is 12.2 Å². The van der Waals surface area contributed by atoms with Gasteiger partial charge in [0.25, 0.3) is 0 Å². The molecule has 1 amide bonds. The summed E-state index contributed by atoms with van der Waals surface area (Å²) in [4.78, 5) is 11.8. The van der Waals surface area contributed by atoms with Crippen LogP contribution in [0.25, 0.3) is 0 Å². The van der Waals surface area contributed by atoms with E-state index in [1.165, 1.54) is 23.1 Å². The number of carbonyl (C=O) groups is 1. The highest BCUT2D eigenvalue weighted by Gasteiger charge is 2.07. The van der Waals surface area contributed by atoms with E-state index in [0.29, 0.717) is 23.4 Å². The van der Waals surface area contributed by atoms with Crippen LogP contribution in [0.15, 0.2) is 28.6 Å². The molecular formula is C13H12N4OS2. The monoisotopic (exact) mass is 304 g/mol. The summed E-state index contributed by atoms with van der Waals surface area (Å²) >= 11 is 3.02. The molecule has 0 fully saturated rings. The SMILES string of the molecule is Cc1nnc(SCCC(=O)Nc2ccccc2C#N)s1. The van der Waals surface area contributed by atoms with Crippen LogP contribution in [0.4, 0.5) is 5.69 Å². The van der Waals surface area contributed by atoms with E-state index in [1.54, 1.807) is 24.3 Å². The fourth-order valence-corrected chi connectivity index (χ4v) is 3.29. The molecular weight excluding hydrogens is 292 g/mol. The third-order valence-corrected chi connectivity index (χ3v) is 4.36. The van der Waals surface area contributed by atoms with Crippen molar-refractivity contribution in [1.82, 2.24) is 10.2 Å². The lowest BCUT2D eigenvalue weighted by Gasteiger charge is -2.05. The molecule has 1 N–H and O–H groups in total. The van der Waals surface area contributed by atoms with E-state index in [2.05, 4.69) is 15.5 Å². The van der Waals surface area contributed by atoms with Gasteiger partial charge in [-0.3, -0.25) is 4.79 Å². The number of aromatic nitrogens is 2. The van der Waals surface area contributed by atoms with Crippen LogP contribution in [0.3, 0.4) is 0 Å². The van der Waals surface area contributed by atoms with Crippen molar-refractivity contribution in [3.63, 3.8) is 0 Å². The van der Waals surface area contributed by atoms with E-state index in [9.17, 15) is 4.79 Å². The summed E-state index contributed by atoms with van der Waals surface area (Å²) in [7, 11) is 0. The van der Waals surface area contributed by atoms with Crippen LogP contribution in [0.5, 0.6) is 0 Å². The van der Waals surface area contributed by atoms with Crippen LogP contribution < -0.4 is 5.32 Å². The second kappa shape index (κ2) is 7.03. The van der Waals surface area contributed by atoms with Gasteiger partial charge < -0.3 is 5.32 Å². The summed E-state index contributed by atoms with van der Waals surface area (Å²) in [6.07, 6.45) is 0.364. The molecule has 5 nitrogen and oxygen atoms in total. The lowest BCUT2D eigenvalue weighted by Crippen LogP contribution is -2.13. The number of nitrogens with zero attached hydrogens (tertiary/aromatic N) is 3. The van der Waals surface area contributed by atoms with Crippen molar-refractivity contribution in [1.29, 1.82) is 5.26 Å². The molecule has 2 aromatic rings. The molecule has 1 aromatic heterocycles. The predicted octanol–water partition coefficient (Wildman–Crippen LogP) is 2.84. The minimum atomic E-state index is -0.110. The number of carbonyl (C=O) groups excluding carboxylic acids is 1. The zero-order valence-electron chi connectivity index (χ0n) is 10.8. The summed E-state index contributed by atoms with van der Waals surface area (Å²) in [5.74, 6) is 0.524. The van der Waals surface area contributed by atoms with Gasteiger partial charge in [-0.25, -0.2) is 0 Å². The van der Waals surface area contributed by atoms with Crippen molar-refractivity contribution in [2.24, 2.45) is 0 Å². The molecule has 1 aromatic carbocycles. The summed E-state index contributed by atoms with van der Waals surface area (Å²) in [5, 5.41) is 20.5. The molecule has 20 heavy (non-hydrogen) atoms. The zero-order chi connectivity index (χ0) is 14.4. The number of thioether (sulfide) groups is 1. The van der Waals surface area contributed by atoms with Crippen LogP contribution in [0.2, 0.25) is 0 Å². The van der Waals surface area contributed by atoms with Crippen LogP contribution in [-0.2, 0) is 4.79 Å². The molecule has 0 saturated heterocycles. The van der Waals surface area contributed by atoms with Gasteiger partial charge in [-0.05, 0) is 19.1 Å². The number of hydrogen-bond acceptors (Lipinski definition) is 6. The van der Waals surface area contributed by atoms with Gasteiger partial charge in [-0.15, -0.1) is 10.2 Å². The van der Waals surface area contributed by atoms with Crippen molar-refractivity contribution < 1.29 is 4.79 Å². The van der Waals surface area contributed by atoms with Crippen molar-refractivity contribution in [2.75, 3.05) is 11.1 Å². The molecule has 0 aliphatic carbocycles. The Morgan fingerprint density at radius 1 is 1.45 bits per heavy atom. The average molecular weight is 304 g/mol. The van der Waals surface area contributed by atoms with E-state index in [4.69, 9.17) is 5.26 Å². The maximum Gasteiger partial charge on any atom is 0.225 e. The molecule has 0 radical (unpaired) electrons. The molecule has 2 rings (SSSR count). The molecule has 7 heteroatoms. The fourth-order valence-electron chi connectivity index (χ4n) is 1.47. The first-order chi connectivity index (χ1) is 9.69. The third kappa shape index (κ3) is 4.05. The van der Waals surface area contributed by atoms with Crippen molar-refractivity contribution >= 4 is 34.7 Å². The Kier molecular flexibility index (Phi) is 5.09. The van der Waals surface area contributed by atoms with E-state index in [-0.39, 0.29) is 5.91 Å². The smallest absolute Gasteiger partial charge is 0.225 e. The molecule has 0 aliphatic heterocycles. The molecule has 0 saturated carbocycles. The second-order valence-corrected chi connectivity index (χ2v) is 6.41. The van der Waals surface area contributed by atoms with Crippen LogP contribution in [0, 0.1) is 18.3 Å².